The Morgan fingerprint density at radius 3 is 2.48 bits per heavy atom. The summed E-state index contributed by atoms with van der Waals surface area (Å²) in [7, 11) is 1.60. The van der Waals surface area contributed by atoms with Crippen LogP contribution in [-0.4, -0.2) is 43.4 Å². The number of hydrogen-bond acceptors (Lipinski definition) is 5. The summed E-state index contributed by atoms with van der Waals surface area (Å²) in [5, 5.41) is 0. The lowest BCUT2D eigenvalue weighted by molar-refractivity contribution is -0.131. The van der Waals surface area contributed by atoms with Crippen LogP contribution < -0.4 is 4.74 Å². The number of aliphatic imine (C=N–C) groups is 1. The molecule has 0 aromatic heterocycles. The maximum absolute atomic E-state index is 13.2. The number of hydrogen-bond donors (Lipinski definition) is 0. The highest BCUT2D eigenvalue weighted by Gasteiger charge is 2.42. The van der Waals surface area contributed by atoms with E-state index in [2.05, 4.69) is 11.7 Å². The van der Waals surface area contributed by atoms with Gasteiger partial charge in [-0.2, -0.15) is 0 Å². The van der Waals surface area contributed by atoms with Gasteiger partial charge in [-0.1, -0.05) is 49.4 Å². The summed E-state index contributed by atoms with van der Waals surface area (Å²) >= 11 is 0. The van der Waals surface area contributed by atoms with Crippen molar-refractivity contribution in [3.05, 3.63) is 65.7 Å². The molecule has 6 nitrogen and oxygen atoms in total. The highest BCUT2D eigenvalue weighted by molar-refractivity contribution is 5.97. The number of amides is 2. The number of cyclic esters (lactones) is 1. The van der Waals surface area contributed by atoms with Crippen molar-refractivity contribution in [2.45, 2.75) is 24.9 Å². The lowest BCUT2D eigenvalue weighted by atomic mass is 9.92. The van der Waals surface area contributed by atoms with Crippen LogP contribution in [0.25, 0.3) is 0 Å². The molecule has 0 unspecified atom stereocenters. The number of rotatable bonds is 6. The number of carbonyl (C=O) groups is 2. The largest absolute Gasteiger partial charge is 0.497 e. The summed E-state index contributed by atoms with van der Waals surface area (Å²) in [6.45, 7) is 5.60. The molecule has 3 rings (SSSR count). The Kier molecular flexibility index (Phi) is 5.54. The van der Waals surface area contributed by atoms with Gasteiger partial charge in [0.05, 0.1) is 7.11 Å². The quantitative estimate of drug-likeness (QED) is 0.733. The normalized spacial score (nSPS) is 18.5. The van der Waals surface area contributed by atoms with Gasteiger partial charge in [-0.25, -0.2) is 9.69 Å². The molecule has 1 saturated heterocycles. The number of imide groups is 1. The molecule has 6 heteroatoms. The van der Waals surface area contributed by atoms with Gasteiger partial charge in [0, 0.05) is 5.92 Å². The number of ether oxygens (including phenoxy) is 2. The number of benzene rings is 2. The van der Waals surface area contributed by atoms with Gasteiger partial charge < -0.3 is 9.47 Å². The third-order valence-corrected chi connectivity index (χ3v) is 4.86. The standard InChI is InChI=1S/C21H22N2O4/c1-14(15-9-11-17(26-3)12-10-15)19(22-2)20(24)23-18(13-27-21(23)25)16-7-5-4-6-8-16/h4-12,14,18-19H,2,13H2,1,3H3/t14-,18-,19-/m0/s1. The zero-order valence-electron chi connectivity index (χ0n) is 15.4. The number of methoxy groups -OCH3 is 1. The molecule has 0 bridgehead atoms. The average molecular weight is 366 g/mol. The predicted molar refractivity (Wildman–Crippen MR) is 102 cm³/mol. The SMILES string of the molecule is C=N[C@H](C(=O)N1C(=O)OC[C@H]1c1ccccc1)[C@@H](C)c1ccc(OC)cc1. The molecule has 2 amide bonds. The third-order valence-electron chi connectivity index (χ3n) is 4.86. The summed E-state index contributed by atoms with van der Waals surface area (Å²) in [6.07, 6.45) is -0.649. The van der Waals surface area contributed by atoms with Crippen molar-refractivity contribution in [2.75, 3.05) is 13.7 Å². The summed E-state index contributed by atoms with van der Waals surface area (Å²) in [5.41, 5.74) is 1.75. The van der Waals surface area contributed by atoms with Crippen molar-refractivity contribution >= 4 is 18.7 Å². The monoisotopic (exact) mass is 366 g/mol. The molecule has 1 aliphatic rings. The van der Waals surface area contributed by atoms with Crippen molar-refractivity contribution in [3.8, 4) is 5.75 Å². The molecule has 3 atom stereocenters. The maximum Gasteiger partial charge on any atom is 0.417 e. The Morgan fingerprint density at radius 1 is 1.22 bits per heavy atom. The first-order chi connectivity index (χ1) is 13.1. The Balaban J connectivity index is 1.86. The second kappa shape index (κ2) is 8.03. The van der Waals surface area contributed by atoms with Crippen LogP contribution in [0.2, 0.25) is 0 Å². The lowest BCUT2D eigenvalue weighted by Crippen LogP contribution is -2.42. The van der Waals surface area contributed by atoms with Gasteiger partial charge in [0.1, 0.15) is 24.4 Å². The molecule has 1 fully saturated rings. The van der Waals surface area contributed by atoms with Crippen LogP contribution in [0.4, 0.5) is 4.79 Å². The van der Waals surface area contributed by atoms with Crippen LogP contribution in [0.15, 0.2) is 59.6 Å². The average Bonchev–Trinajstić information content (AvgIpc) is 3.10. The molecule has 1 aliphatic heterocycles. The van der Waals surface area contributed by atoms with Crippen LogP contribution in [-0.2, 0) is 9.53 Å². The first kappa shape index (κ1) is 18.6. The predicted octanol–water partition coefficient (Wildman–Crippen LogP) is 3.59. The first-order valence-electron chi connectivity index (χ1n) is 8.71. The Hall–Kier alpha value is -3.15. The topological polar surface area (TPSA) is 68.2 Å². The van der Waals surface area contributed by atoms with Crippen molar-refractivity contribution in [1.29, 1.82) is 0 Å². The molecule has 0 aliphatic carbocycles. The first-order valence-corrected chi connectivity index (χ1v) is 8.71. The molecule has 1 heterocycles. The van der Waals surface area contributed by atoms with E-state index in [0.29, 0.717) is 0 Å². The van der Waals surface area contributed by atoms with Crippen LogP contribution in [0, 0.1) is 0 Å². The molecule has 27 heavy (non-hydrogen) atoms. The second-order valence-electron chi connectivity index (χ2n) is 6.40. The van der Waals surface area contributed by atoms with E-state index >= 15 is 0 Å². The smallest absolute Gasteiger partial charge is 0.417 e. The molecule has 2 aromatic rings. The Morgan fingerprint density at radius 2 is 1.89 bits per heavy atom. The van der Waals surface area contributed by atoms with Gasteiger partial charge in [-0.05, 0) is 30.0 Å². The van der Waals surface area contributed by atoms with Gasteiger partial charge >= 0.3 is 6.09 Å². The van der Waals surface area contributed by atoms with Crippen molar-refractivity contribution < 1.29 is 19.1 Å². The van der Waals surface area contributed by atoms with Crippen molar-refractivity contribution in [2.24, 2.45) is 4.99 Å². The van der Waals surface area contributed by atoms with Crippen LogP contribution in [0.3, 0.4) is 0 Å². The van der Waals surface area contributed by atoms with E-state index in [9.17, 15) is 9.59 Å². The van der Waals surface area contributed by atoms with E-state index in [-0.39, 0.29) is 12.5 Å². The van der Waals surface area contributed by atoms with Gasteiger partial charge in [0.15, 0.2) is 0 Å². The zero-order valence-corrected chi connectivity index (χ0v) is 15.4. The highest BCUT2D eigenvalue weighted by Crippen LogP contribution is 2.32. The van der Waals surface area contributed by atoms with Crippen molar-refractivity contribution in [1.82, 2.24) is 4.90 Å². The van der Waals surface area contributed by atoms with E-state index in [1.165, 1.54) is 0 Å². The van der Waals surface area contributed by atoms with E-state index in [4.69, 9.17) is 9.47 Å². The molecule has 2 aromatic carbocycles. The van der Waals surface area contributed by atoms with E-state index in [1.54, 1.807) is 7.11 Å². The molecular formula is C21H22N2O4. The fourth-order valence-corrected chi connectivity index (χ4v) is 3.27. The number of nitrogens with zero attached hydrogens (tertiary/aromatic N) is 2. The molecule has 140 valence electrons. The molecular weight excluding hydrogens is 344 g/mol. The van der Waals surface area contributed by atoms with Gasteiger partial charge in [0.2, 0.25) is 0 Å². The Labute approximate surface area is 158 Å². The summed E-state index contributed by atoms with van der Waals surface area (Å²) in [6, 6.07) is 15.5. The summed E-state index contributed by atoms with van der Waals surface area (Å²) in [5.74, 6) is 0.0584. The summed E-state index contributed by atoms with van der Waals surface area (Å²) in [4.78, 5) is 30.6. The lowest BCUT2D eigenvalue weighted by Gasteiger charge is -2.26. The summed E-state index contributed by atoms with van der Waals surface area (Å²) < 4.78 is 10.3. The molecule has 0 radical (unpaired) electrons. The molecule has 0 N–H and O–H groups in total. The molecule has 0 spiro atoms. The maximum atomic E-state index is 13.2. The number of carbonyl (C=O) groups excluding carboxylic acids is 2. The van der Waals surface area contributed by atoms with Gasteiger partial charge in [-0.3, -0.25) is 9.79 Å². The van der Waals surface area contributed by atoms with Crippen molar-refractivity contribution in [3.63, 3.8) is 0 Å². The van der Waals surface area contributed by atoms with Crippen LogP contribution in [0.1, 0.15) is 30.0 Å². The zero-order chi connectivity index (χ0) is 19.4. The second-order valence-corrected chi connectivity index (χ2v) is 6.40. The van der Waals surface area contributed by atoms with E-state index in [1.807, 2.05) is 61.5 Å². The van der Waals surface area contributed by atoms with Gasteiger partial charge in [-0.15, -0.1) is 0 Å². The third kappa shape index (κ3) is 3.69. The highest BCUT2D eigenvalue weighted by atomic mass is 16.6. The fourth-order valence-electron chi connectivity index (χ4n) is 3.27. The minimum Gasteiger partial charge on any atom is -0.497 e. The van der Waals surface area contributed by atoms with Crippen LogP contribution >= 0.6 is 0 Å². The molecule has 0 saturated carbocycles. The van der Waals surface area contributed by atoms with E-state index in [0.717, 1.165) is 21.8 Å². The minimum absolute atomic E-state index is 0.134. The van der Waals surface area contributed by atoms with Gasteiger partial charge in [0.25, 0.3) is 5.91 Å². The van der Waals surface area contributed by atoms with E-state index < -0.39 is 24.1 Å². The fraction of sp³-hybridized carbons (Fsp3) is 0.286. The van der Waals surface area contributed by atoms with Crippen LogP contribution in [0.5, 0.6) is 5.75 Å². The Bertz CT molecular complexity index is 820. The minimum atomic E-state index is -0.796.